The number of guanidine groups is 1. The van der Waals surface area contributed by atoms with Crippen molar-refractivity contribution in [3.8, 4) is 0 Å². The molecule has 0 bridgehead atoms. The van der Waals surface area contributed by atoms with Gasteiger partial charge in [-0.25, -0.2) is 0 Å². The van der Waals surface area contributed by atoms with E-state index in [1.54, 1.807) is 0 Å². The Morgan fingerprint density at radius 3 is 2.55 bits per heavy atom. The summed E-state index contributed by atoms with van der Waals surface area (Å²) in [7, 11) is 1.81. The molecule has 1 fully saturated rings. The van der Waals surface area contributed by atoms with Gasteiger partial charge in [-0.15, -0.1) is 35.7 Å². The molecule has 0 radical (unpaired) electrons. The number of carbonyl (C=O) groups excluding carboxylic acids is 1. The molecule has 3 N–H and O–H groups in total. The predicted molar refractivity (Wildman–Crippen MR) is 141 cm³/mol. The third-order valence-corrected chi connectivity index (χ3v) is 7.51. The third-order valence-electron chi connectivity index (χ3n) is 6.02. The number of benzene rings is 2. The van der Waals surface area contributed by atoms with Crippen LogP contribution in [0.3, 0.4) is 0 Å². The fourth-order valence-electron chi connectivity index (χ4n) is 4.44. The van der Waals surface area contributed by atoms with E-state index in [4.69, 9.17) is 0 Å². The predicted octanol–water partition coefficient (Wildman–Crippen LogP) is 5.00. The summed E-state index contributed by atoms with van der Waals surface area (Å²) in [6.07, 6.45) is 5.48. The molecular formula is C24H31IN4OS. The Balaban J connectivity index is 0.00000272. The molecule has 1 aliphatic heterocycles. The number of rotatable bonds is 6. The molecule has 4 rings (SSSR count). The fourth-order valence-corrected chi connectivity index (χ4v) is 5.87. The van der Waals surface area contributed by atoms with E-state index in [2.05, 4.69) is 57.3 Å². The second kappa shape index (κ2) is 11.2. The zero-order chi connectivity index (χ0) is 20.8. The lowest BCUT2D eigenvalue weighted by Gasteiger charge is -2.30. The van der Waals surface area contributed by atoms with E-state index < -0.39 is 0 Å². The third kappa shape index (κ3) is 6.16. The van der Waals surface area contributed by atoms with Crippen LogP contribution < -0.4 is 16.0 Å². The zero-order valence-corrected chi connectivity index (χ0v) is 21.0. The number of nitrogens with zero attached hydrogens (tertiary/aromatic N) is 1. The molecule has 1 amide bonds. The van der Waals surface area contributed by atoms with Crippen molar-refractivity contribution in [3.05, 3.63) is 60.2 Å². The summed E-state index contributed by atoms with van der Waals surface area (Å²) in [5.74, 6) is 1.03. The van der Waals surface area contributed by atoms with Gasteiger partial charge >= 0.3 is 0 Å². The quantitative estimate of drug-likeness (QED) is 0.269. The van der Waals surface area contributed by atoms with Gasteiger partial charge in [0.1, 0.15) is 0 Å². The summed E-state index contributed by atoms with van der Waals surface area (Å²) < 4.78 is 0.205. The second-order valence-electron chi connectivity index (χ2n) is 8.15. The second-order valence-corrected chi connectivity index (χ2v) is 9.69. The van der Waals surface area contributed by atoms with Gasteiger partial charge in [-0.2, -0.15) is 0 Å². The fraction of sp³-hybridized carbons (Fsp3) is 0.417. The highest BCUT2D eigenvalue weighted by molar-refractivity contribution is 14.0. The molecule has 1 atom stereocenters. The van der Waals surface area contributed by atoms with Crippen LogP contribution in [0.5, 0.6) is 0 Å². The van der Waals surface area contributed by atoms with E-state index in [0.717, 1.165) is 18.2 Å². The number of amides is 1. The summed E-state index contributed by atoms with van der Waals surface area (Å²) in [4.78, 5) is 17.8. The molecular weight excluding hydrogens is 519 g/mol. The van der Waals surface area contributed by atoms with Crippen molar-refractivity contribution in [2.24, 2.45) is 4.99 Å². The smallest absolute Gasteiger partial charge is 0.225 e. The molecule has 7 heteroatoms. The number of hydrogen-bond donors (Lipinski definition) is 3. The maximum Gasteiger partial charge on any atom is 0.225 e. The molecule has 0 aromatic heterocycles. The minimum atomic E-state index is 0. The molecule has 1 saturated carbocycles. The van der Waals surface area contributed by atoms with Crippen LogP contribution in [0.1, 0.15) is 43.6 Å². The minimum absolute atomic E-state index is 0. The van der Waals surface area contributed by atoms with E-state index in [9.17, 15) is 4.79 Å². The normalized spacial score (nSPS) is 19.7. The Hall–Kier alpha value is -1.74. The van der Waals surface area contributed by atoms with E-state index in [1.165, 1.54) is 36.1 Å². The van der Waals surface area contributed by atoms with Crippen LogP contribution in [0.25, 0.3) is 0 Å². The molecule has 31 heavy (non-hydrogen) atoms. The van der Waals surface area contributed by atoms with Gasteiger partial charge in [-0.1, -0.05) is 49.2 Å². The first-order valence-electron chi connectivity index (χ1n) is 10.7. The Bertz CT molecular complexity index is 899. The molecule has 2 aromatic carbocycles. The van der Waals surface area contributed by atoms with E-state index in [-0.39, 0.29) is 40.5 Å². The Morgan fingerprint density at radius 1 is 1.10 bits per heavy atom. The Kier molecular flexibility index (Phi) is 8.66. The van der Waals surface area contributed by atoms with Crippen LogP contribution in [-0.2, 0) is 4.79 Å². The van der Waals surface area contributed by atoms with Crippen LogP contribution in [0.4, 0.5) is 5.69 Å². The Morgan fingerprint density at radius 2 is 1.81 bits per heavy atom. The SMILES string of the molecule is CN=C(NCC1CC(=O)Nc2ccccc21)NCC1(Sc2ccccc2)CCCC1.I. The highest BCUT2D eigenvalue weighted by Gasteiger charge is 2.35. The summed E-state index contributed by atoms with van der Waals surface area (Å²) in [6, 6.07) is 18.7. The number of nitrogens with one attached hydrogen (secondary N) is 3. The number of carbonyl (C=O) groups is 1. The van der Waals surface area contributed by atoms with E-state index >= 15 is 0 Å². The van der Waals surface area contributed by atoms with Gasteiger partial charge in [-0.05, 0) is 36.6 Å². The van der Waals surface area contributed by atoms with Gasteiger partial charge in [0.25, 0.3) is 0 Å². The number of thioether (sulfide) groups is 1. The van der Waals surface area contributed by atoms with Crippen molar-refractivity contribution in [2.45, 2.75) is 47.7 Å². The summed E-state index contributed by atoms with van der Waals surface area (Å²) >= 11 is 1.99. The average Bonchev–Trinajstić information content (AvgIpc) is 3.23. The number of aliphatic imine (C=N–C) groups is 1. The van der Waals surface area contributed by atoms with Crippen molar-refractivity contribution in [1.29, 1.82) is 0 Å². The first-order chi connectivity index (χ1) is 14.7. The van der Waals surface area contributed by atoms with E-state index in [0.29, 0.717) is 13.0 Å². The molecule has 0 saturated heterocycles. The van der Waals surface area contributed by atoms with Crippen LogP contribution in [0.2, 0.25) is 0 Å². The maximum absolute atomic E-state index is 12.1. The van der Waals surface area contributed by atoms with Crippen LogP contribution in [0.15, 0.2) is 64.5 Å². The van der Waals surface area contributed by atoms with Gasteiger partial charge in [0.15, 0.2) is 5.96 Å². The van der Waals surface area contributed by atoms with Crippen molar-refractivity contribution in [3.63, 3.8) is 0 Å². The highest BCUT2D eigenvalue weighted by Crippen LogP contribution is 2.44. The number of fused-ring (bicyclic) bond motifs is 1. The summed E-state index contributed by atoms with van der Waals surface area (Å²) in [6.45, 7) is 1.57. The van der Waals surface area contributed by atoms with Gasteiger partial charge < -0.3 is 16.0 Å². The molecule has 0 spiro atoms. The first kappa shape index (κ1) is 23.9. The van der Waals surface area contributed by atoms with E-state index in [1.807, 2.05) is 37.0 Å². The van der Waals surface area contributed by atoms with Crippen molar-refractivity contribution >= 4 is 53.3 Å². The first-order valence-corrected chi connectivity index (χ1v) is 11.6. The lowest BCUT2D eigenvalue weighted by molar-refractivity contribution is -0.116. The van der Waals surface area contributed by atoms with Gasteiger partial charge in [0, 0.05) is 47.8 Å². The Labute approximate surface area is 206 Å². The van der Waals surface area contributed by atoms with Gasteiger partial charge in [0.2, 0.25) is 5.91 Å². The number of halogens is 1. The lowest BCUT2D eigenvalue weighted by atomic mass is 9.90. The lowest BCUT2D eigenvalue weighted by Crippen LogP contribution is -2.46. The standard InChI is InChI=1S/C24H30N4OS.HI/c1-25-23(26-16-18-15-22(29)28-21-12-6-5-11-20(18)21)27-17-24(13-7-8-14-24)30-19-9-3-2-4-10-19;/h2-6,9-12,18H,7-8,13-17H2,1H3,(H,28,29)(H2,25,26,27);1H. The highest BCUT2D eigenvalue weighted by atomic mass is 127. The molecule has 2 aliphatic rings. The molecule has 1 aliphatic carbocycles. The molecule has 1 heterocycles. The molecule has 166 valence electrons. The number of anilines is 1. The van der Waals surface area contributed by atoms with Crippen molar-refractivity contribution < 1.29 is 4.79 Å². The number of para-hydroxylation sites is 1. The average molecular weight is 551 g/mol. The summed E-state index contributed by atoms with van der Waals surface area (Å²) in [5.41, 5.74) is 2.11. The molecule has 5 nitrogen and oxygen atoms in total. The minimum Gasteiger partial charge on any atom is -0.356 e. The van der Waals surface area contributed by atoms with Gasteiger partial charge in [-0.3, -0.25) is 9.79 Å². The van der Waals surface area contributed by atoms with Crippen molar-refractivity contribution in [1.82, 2.24) is 10.6 Å². The largest absolute Gasteiger partial charge is 0.356 e. The maximum atomic E-state index is 12.1. The number of hydrogen-bond acceptors (Lipinski definition) is 3. The van der Waals surface area contributed by atoms with Crippen LogP contribution in [-0.4, -0.2) is 36.8 Å². The summed E-state index contributed by atoms with van der Waals surface area (Å²) in [5, 5.41) is 9.99. The molecule has 1 unspecified atom stereocenters. The molecule has 2 aromatic rings. The van der Waals surface area contributed by atoms with Crippen molar-refractivity contribution in [2.75, 3.05) is 25.5 Å². The van der Waals surface area contributed by atoms with Crippen LogP contribution >= 0.6 is 35.7 Å². The zero-order valence-electron chi connectivity index (χ0n) is 17.9. The van der Waals surface area contributed by atoms with Gasteiger partial charge in [0.05, 0.1) is 0 Å². The monoisotopic (exact) mass is 550 g/mol. The van der Waals surface area contributed by atoms with Crippen LogP contribution in [0, 0.1) is 0 Å². The topological polar surface area (TPSA) is 65.5 Å².